The normalized spacial score (nSPS) is 40.4. The van der Waals surface area contributed by atoms with E-state index in [1.807, 2.05) is 0 Å². The molecule has 4 rings (SSSR count). The Balaban J connectivity index is 0.00000147. The molecule has 2 heterocycles. The quantitative estimate of drug-likeness (QED) is 0.254. The molecule has 235 valence electrons. The third kappa shape index (κ3) is 7.69. The van der Waals surface area contributed by atoms with Gasteiger partial charge in [-0.2, -0.15) is 0 Å². The molecule has 12 unspecified atom stereocenters. The summed E-state index contributed by atoms with van der Waals surface area (Å²) in [6.07, 6.45) is 8.04. The molecular weight excluding hydrogens is 575 g/mol. The molecule has 0 aromatic heterocycles. The van der Waals surface area contributed by atoms with E-state index in [4.69, 9.17) is 7.49 Å². The van der Waals surface area contributed by atoms with Gasteiger partial charge in [-0.3, -0.25) is 10.2 Å². The monoisotopic (exact) mass is 635 g/mol. The summed E-state index contributed by atoms with van der Waals surface area (Å²) in [6, 6.07) is 1.40. The van der Waals surface area contributed by atoms with Gasteiger partial charge in [-0.1, -0.05) is 70.8 Å². The maximum absolute atomic E-state index is 14.3. The van der Waals surface area contributed by atoms with E-state index in [0.717, 1.165) is 58.0 Å². The van der Waals surface area contributed by atoms with E-state index >= 15 is 0 Å². The molecule has 1 amide bonds. The number of hydrogen-bond donors (Lipinski definition) is 3. The van der Waals surface area contributed by atoms with Gasteiger partial charge in [-0.25, -0.2) is 5.01 Å². The van der Waals surface area contributed by atoms with E-state index in [0.29, 0.717) is 52.4 Å². The first-order valence-electron chi connectivity index (χ1n) is 17.0. The predicted octanol–water partition coefficient (Wildman–Crippen LogP) is 5.17. The Morgan fingerprint density at radius 1 is 1.12 bits per heavy atom. The fourth-order valence-corrected chi connectivity index (χ4v) is 9.23. The van der Waals surface area contributed by atoms with Crippen molar-refractivity contribution in [3.05, 3.63) is 0 Å². The van der Waals surface area contributed by atoms with E-state index in [2.05, 4.69) is 85.0 Å². The van der Waals surface area contributed by atoms with Crippen molar-refractivity contribution in [1.82, 2.24) is 20.7 Å². The molecule has 41 heavy (non-hydrogen) atoms. The first-order valence-corrected chi connectivity index (χ1v) is 17.9. The van der Waals surface area contributed by atoms with Crippen LogP contribution in [0.3, 0.4) is 0 Å². The van der Waals surface area contributed by atoms with E-state index in [1.165, 1.54) is 12.4 Å². The van der Waals surface area contributed by atoms with Gasteiger partial charge in [-0.15, -0.1) is 0 Å². The van der Waals surface area contributed by atoms with Gasteiger partial charge >= 0.3 is 20.4 Å². The van der Waals surface area contributed by atoms with E-state index < -0.39 is 0 Å². The van der Waals surface area contributed by atoms with Gasteiger partial charge in [-0.05, 0) is 75.2 Å². The van der Waals surface area contributed by atoms with Crippen LogP contribution >= 0.6 is 15.9 Å². The molecule has 0 spiro atoms. The van der Waals surface area contributed by atoms with Crippen LogP contribution in [-0.4, -0.2) is 88.6 Å². The number of hydrogen-bond acceptors (Lipinski definition) is 5. The molecular formula is C33H61BBrN4O2. The van der Waals surface area contributed by atoms with Crippen LogP contribution in [0.15, 0.2) is 0 Å². The second-order valence-corrected chi connectivity index (χ2v) is 15.0. The zero-order valence-electron chi connectivity index (χ0n) is 27.4. The number of likely N-dealkylation sites (tertiary alicyclic amines) is 1. The summed E-state index contributed by atoms with van der Waals surface area (Å²) in [7, 11) is 4.72. The van der Waals surface area contributed by atoms with Gasteiger partial charge in [0, 0.05) is 41.5 Å². The van der Waals surface area contributed by atoms with Crippen molar-refractivity contribution >= 4 is 35.3 Å². The van der Waals surface area contributed by atoms with Gasteiger partial charge in [0.2, 0.25) is 5.91 Å². The number of fused-ring (bicyclic) bond motifs is 1. The van der Waals surface area contributed by atoms with Crippen LogP contribution in [0.4, 0.5) is 0 Å². The molecule has 4 fully saturated rings. The van der Waals surface area contributed by atoms with Crippen LogP contribution in [0, 0.1) is 35.5 Å². The molecule has 4 aliphatic rings. The molecule has 0 bridgehead atoms. The van der Waals surface area contributed by atoms with Crippen LogP contribution < -0.4 is 10.7 Å². The molecule has 2 aliphatic heterocycles. The number of carbonyl (C=O) groups excluding carboxylic acids is 1. The fourth-order valence-electron chi connectivity index (χ4n) is 8.64. The summed E-state index contributed by atoms with van der Waals surface area (Å²) in [4.78, 5) is 17.1. The van der Waals surface area contributed by atoms with Crippen molar-refractivity contribution in [1.29, 1.82) is 0 Å². The number of nitrogens with zero attached hydrogens (tertiary/aromatic N) is 2. The van der Waals surface area contributed by atoms with Crippen molar-refractivity contribution in [3.8, 4) is 0 Å². The topological polar surface area (TPSA) is 67.8 Å². The van der Waals surface area contributed by atoms with Gasteiger partial charge in [0.1, 0.15) is 0 Å². The molecule has 12 atom stereocenters. The molecule has 0 aromatic rings. The van der Waals surface area contributed by atoms with E-state index in [-0.39, 0.29) is 30.1 Å². The standard InChI is InChI=1S/C31H57BrN4O2.C2H4B/c1-8-19(6)29-28-24(9-2)35(31(38)22-12-13-23(32)20(7)30(22)33-10-3)16-15-26(28)36(34-29)25-14-11-21(18(4)5)17-27(25)37;1-2-3/h18-30,33-34,37H,8-17H2,1-7H3;2H,1H3. The Morgan fingerprint density at radius 3 is 2.37 bits per heavy atom. The fraction of sp³-hybridized carbons (Fsp3) is 0.939. The van der Waals surface area contributed by atoms with Crippen LogP contribution in [0.2, 0.25) is 0 Å². The predicted molar refractivity (Wildman–Crippen MR) is 177 cm³/mol. The van der Waals surface area contributed by atoms with Crippen LogP contribution in [0.5, 0.6) is 0 Å². The average Bonchev–Trinajstić information content (AvgIpc) is 3.34. The molecule has 8 heteroatoms. The van der Waals surface area contributed by atoms with Crippen molar-refractivity contribution < 1.29 is 9.90 Å². The van der Waals surface area contributed by atoms with Crippen LogP contribution in [0.1, 0.15) is 107 Å². The summed E-state index contributed by atoms with van der Waals surface area (Å²) in [5.74, 6) is 4.56. The first-order chi connectivity index (χ1) is 19.6. The zero-order chi connectivity index (χ0) is 30.4. The number of nitrogens with one attached hydrogen (secondary N) is 2. The maximum atomic E-state index is 14.3. The molecule has 6 nitrogen and oxygen atoms in total. The van der Waals surface area contributed by atoms with Gasteiger partial charge in [0.05, 0.1) is 18.1 Å². The third-order valence-corrected chi connectivity index (χ3v) is 12.5. The van der Waals surface area contributed by atoms with Crippen LogP contribution in [-0.2, 0) is 4.79 Å². The Hall–Kier alpha value is -0.275. The zero-order valence-corrected chi connectivity index (χ0v) is 28.9. The Bertz CT molecular complexity index is 833. The summed E-state index contributed by atoms with van der Waals surface area (Å²) in [6.45, 7) is 19.5. The number of carbonyl (C=O) groups is 1. The van der Waals surface area contributed by atoms with Crippen molar-refractivity contribution in [2.75, 3.05) is 13.1 Å². The van der Waals surface area contributed by atoms with E-state index in [1.54, 1.807) is 6.92 Å². The summed E-state index contributed by atoms with van der Waals surface area (Å²) in [5.41, 5.74) is 3.99. The number of aliphatic hydroxyl groups excluding tert-OH is 1. The number of rotatable bonds is 8. The number of hydrazine groups is 1. The third-order valence-electron chi connectivity index (χ3n) is 11.2. The molecule has 0 aromatic carbocycles. The van der Waals surface area contributed by atoms with Gasteiger partial charge < -0.3 is 15.3 Å². The van der Waals surface area contributed by atoms with Crippen molar-refractivity contribution in [2.45, 2.75) is 148 Å². The number of halogens is 1. The Morgan fingerprint density at radius 2 is 1.80 bits per heavy atom. The molecule has 2 saturated heterocycles. The minimum absolute atomic E-state index is 0.0602. The second-order valence-electron chi connectivity index (χ2n) is 13.8. The molecule has 2 aliphatic carbocycles. The first kappa shape index (κ1) is 35.2. The van der Waals surface area contributed by atoms with E-state index in [9.17, 15) is 9.90 Å². The van der Waals surface area contributed by atoms with Crippen molar-refractivity contribution in [3.63, 3.8) is 0 Å². The summed E-state index contributed by atoms with van der Waals surface area (Å²) >= 11 is 3.89. The second kappa shape index (κ2) is 16.2. The number of alkyl halides is 1. The number of aliphatic hydroxyl groups is 1. The van der Waals surface area contributed by atoms with Crippen LogP contribution in [0.25, 0.3) is 0 Å². The Kier molecular flexibility index (Phi) is 13.9. The molecule has 2 saturated carbocycles. The Labute approximate surface area is 261 Å². The molecule has 1 radical (unpaired) electrons. The average molecular weight is 637 g/mol. The summed E-state index contributed by atoms with van der Waals surface area (Å²) in [5, 5.41) is 17.5. The summed E-state index contributed by atoms with van der Waals surface area (Å²) < 4.78 is 0. The van der Waals surface area contributed by atoms with Gasteiger partial charge in [0.15, 0.2) is 0 Å². The number of amides is 1. The molecule has 3 N–H and O–H groups in total. The van der Waals surface area contributed by atoms with Crippen molar-refractivity contribution in [2.24, 2.45) is 35.5 Å². The SMILES string of the molecule is CCNC1C(C(=O)N2CCC3C(C(C(C)CC)NN3C3CCC(C(C)C)CC3O)C2CC)CCC(Br)C1C.[B]=CC. The van der Waals surface area contributed by atoms with Gasteiger partial charge in [0.25, 0.3) is 0 Å². The number of piperidine rings is 1. The minimum atomic E-state index is -0.276.